The zero-order valence-electron chi connectivity index (χ0n) is 11.9. The van der Waals surface area contributed by atoms with Crippen LogP contribution in [0.15, 0.2) is 42.5 Å². The molecule has 4 heteroatoms. The summed E-state index contributed by atoms with van der Waals surface area (Å²) in [6.45, 7) is 2.31. The topological polar surface area (TPSA) is 39.2 Å². The number of cyclic esters (lactones) is 1. The van der Waals surface area contributed by atoms with Gasteiger partial charge in [0.15, 0.2) is 5.69 Å². The van der Waals surface area contributed by atoms with E-state index in [-0.39, 0.29) is 12.6 Å². The molecule has 3 nitrogen and oxygen atoms in total. The molecule has 0 amide bonds. The van der Waals surface area contributed by atoms with Gasteiger partial charge < -0.3 is 4.74 Å². The molecule has 0 saturated heterocycles. The number of carbonyl (C=O) groups is 1. The molecule has 0 atom stereocenters. The van der Waals surface area contributed by atoms with E-state index >= 15 is 0 Å². The van der Waals surface area contributed by atoms with Gasteiger partial charge in [0, 0.05) is 21.5 Å². The van der Waals surface area contributed by atoms with E-state index in [1.165, 1.54) is 0 Å². The largest absolute Gasteiger partial charge is 0.456 e. The van der Waals surface area contributed by atoms with Crippen LogP contribution in [0.3, 0.4) is 0 Å². The minimum Gasteiger partial charge on any atom is -0.456 e. The number of esters is 1. The summed E-state index contributed by atoms with van der Waals surface area (Å²) in [6.07, 6.45) is 0. The third-order valence-electron chi connectivity index (χ3n) is 3.92. The molecule has 1 aliphatic heterocycles. The van der Waals surface area contributed by atoms with Crippen LogP contribution in [0, 0.1) is 6.92 Å². The average molecular weight is 310 g/mol. The number of pyridine rings is 1. The van der Waals surface area contributed by atoms with Crippen LogP contribution in [0.1, 0.15) is 21.6 Å². The van der Waals surface area contributed by atoms with Crippen LogP contribution in [-0.2, 0) is 11.3 Å². The smallest absolute Gasteiger partial charge is 0.357 e. The van der Waals surface area contributed by atoms with Gasteiger partial charge in [-0.25, -0.2) is 9.78 Å². The first-order chi connectivity index (χ1) is 10.6. The van der Waals surface area contributed by atoms with Gasteiger partial charge in [-0.05, 0) is 36.8 Å². The lowest BCUT2D eigenvalue weighted by atomic mass is 9.94. The highest BCUT2D eigenvalue weighted by Gasteiger charge is 2.28. The van der Waals surface area contributed by atoms with Gasteiger partial charge in [-0.1, -0.05) is 35.4 Å². The summed E-state index contributed by atoms with van der Waals surface area (Å²) in [6, 6.07) is 13.6. The molecule has 0 saturated carbocycles. The number of benzene rings is 2. The van der Waals surface area contributed by atoms with Gasteiger partial charge >= 0.3 is 5.97 Å². The molecule has 0 bridgehead atoms. The Morgan fingerprint density at radius 2 is 1.91 bits per heavy atom. The number of aryl methyl sites for hydroxylation is 1. The Kier molecular flexibility index (Phi) is 2.91. The fourth-order valence-corrected chi connectivity index (χ4v) is 3.00. The van der Waals surface area contributed by atoms with Gasteiger partial charge in [0.1, 0.15) is 6.61 Å². The Hall–Kier alpha value is -2.39. The number of carbonyl (C=O) groups excluding carboxylic acids is 1. The van der Waals surface area contributed by atoms with Crippen molar-refractivity contribution in [3.63, 3.8) is 0 Å². The molecule has 4 rings (SSSR count). The lowest BCUT2D eigenvalue weighted by molar-refractivity contribution is 0.0531. The van der Waals surface area contributed by atoms with Crippen LogP contribution < -0.4 is 0 Å². The van der Waals surface area contributed by atoms with Crippen molar-refractivity contribution in [2.24, 2.45) is 0 Å². The highest BCUT2D eigenvalue weighted by Crippen LogP contribution is 2.37. The van der Waals surface area contributed by atoms with Gasteiger partial charge in [-0.3, -0.25) is 0 Å². The summed E-state index contributed by atoms with van der Waals surface area (Å²) >= 11 is 5.99. The molecule has 0 N–H and O–H groups in total. The number of hydrogen-bond donors (Lipinski definition) is 0. The fraction of sp³-hybridized carbons (Fsp3) is 0.111. The quantitative estimate of drug-likeness (QED) is 0.620. The lowest BCUT2D eigenvalue weighted by Gasteiger charge is -2.11. The second kappa shape index (κ2) is 4.82. The van der Waals surface area contributed by atoms with E-state index in [0.717, 1.165) is 33.2 Å². The molecule has 0 fully saturated rings. The van der Waals surface area contributed by atoms with E-state index in [4.69, 9.17) is 16.3 Å². The lowest BCUT2D eigenvalue weighted by Crippen LogP contribution is -2.00. The van der Waals surface area contributed by atoms with Gasteiger partial charge in [-0.15, -0.1) is 0 Å². The predicted molar refractivity (Wildman–Crippen MR) is 86.0 cm³/mol. The fourth-order valence-electron chi connectivity index (χ4n) is 2.88. The van der Waals surface area contributed by atoms with Crippen LogP contribution in [-0.4, -0.2) is 11.0 Å². The summed E-state index contributed by atoms with van der Waals surface area (Å²) in [5.74, 6) is -0.354. The zero-order chi connectivity index (χ0) is 15.3. The molecule has 2 aromatic carbocycles. The third kappa shape index (κ3) is 1.97. The first-order valence-corrected chi connectivity index (χ1v) is 7.37. The van der Waals surface area contributed by atoms with Crippen LogP contribution in [0.25, 0.3) is 22.0 Å². The van der Waals surface area contributed by atoms with Gasteiger partial charge in [0.2, 0.25) is 0 Å². The maximum atomic E-state index is 11.9. The van der Waals surface area contributed by atoms with E-state index in [9.17, 15) is 4.79 Å². The number of rotatable bonds is 1. The number of aromatic nitrogens is 1. The average Bonchev–Trinajstić information content (AvgIpc) is 2.87. The normalized spacial score (nSPS) is 13.3. The van der Waals surface area contributed by atoms with Gasteiger partial charge in [-0.2, -0.15) is 0 Å². The molecule has 0 radical (unpaired) electrons. The first kappa shape index (κ1) is 13.3. The number of halogens is 1. The van der Waals surface area contributed by atoms with Gasteiger partial charge in [0.05, 0.1) is 5.52 Å². The Morgan fingerprint density at radius 1 is 1.14 bits per heavy atom. The van der Waals surface area contributed by atoms with Crippen molar-refractivity contribution < 1.29 is 9.53 Å². The van der Waals surface area contributed by atoms with Crippen molar-refractivity contribution in [2.75, 3.05) is 0 Å². The molecule has 0 unspecified atom stereocenters. The molecule has 1 aromatic heterocycles. The maximum Gasteiger partial charge on any atom is 0.357 e. The van der Waals surface area contributed by atoms with Crippen molar-refractivity contribution >= 4 is 28.5 Å². The summed E-state index contributed by atoms with van der Waals surface area (Å²) in [5.41, 5.74) is 5.23. The van der Waals surface area contributed by atoms with E-state index < -0.39 is 0 Å². The summed E-state index contributed by atoms with van der Waals surface area (Å²) in [4.78, 5) is 16.4. The first-order valence-electron chi connectivity index (χ1n) is 7.00. The molecule has 0 spiro atoms. The van der Waals surface area contributed by atoms with Crippen LogP contribution in [0.2, 0.25) is 5.02 Å². The van der Waals surface area contributed by atoms with E-state index in [0.29, 0.717) is 10.7 Å². The maximum absolute atomic E-state index is 11.9. The van der Waals surface area contributed by atoms with E-state index in [2.05, 4.69) is 11.1 Å². The second-order valence-electron chi connectivity index (χ2n) is 5.42. The minimum absolute atomic E-state index is 0.267. The number of nitrogens with zero attached hydrogens (tertiary/aromatic N) is 1. The predicted octanol–water partition coefficient (Wildman–Crippen LogP) is 4.53. The van der Waals surface area contributed by atoms with Crippen LogP contribution in [0.4, 0.5) is 0 Å². The third-order valence-corrected chi connectivity index (χ3v) is 4.17. The highest BCUT2D eigenvalue weighted by molar-refractivity contribution is 6.30. The Bertz CT molecular complexity index is 917. The SMILES string of the molecule is Cc1ccc2nc3c(c(-c4ccc(Cl)cc4)c2c1)COC3=O. The van der Waals surface area contributed by atoms with Crippen molar-refractivity contribution in [1.29, 1.82) is 0 Å². The highest BCUT2D eigenvalue weighted by atomic mass is 35.5. The molecule has 2 heterocycles. The summed E-state index contributed by atoms with van der Waals surface area (Å²) in [7, 11) is 0. The minimum atomic E-state index is -0.354. The van der Waals surface area contributed by atoms with Crippen LogP contribution >= 0.6 is 11.6 Å². The van der Waals surface area contributed by atoms with Crippen molar-refractivity contribution in [2.45, 2.75) is 13.5 Å². The summed E-state index contributed by atoms with van der Waals surface area (Å²) in [5, 5.41) is 1.71. The number of fused-ring (bicyclic) bond motifs is 2. The Morgan fingerprint density at radius 3 is 2.68 bits per heavy atom. The van der Waals surface area contributed by atoms with E-state index in [1.54, 1.807) is 0 Å². The summed E-state index contributed by atoms with van der Waals surface area (Å²) < 4.78 is 5.18. The van der Waals surface area contributed by atoms with Crippen molar-refractivity contribution in [3.8, 4) is 11.1 Å². The molecule has 0 aliphatic carbocycles. The van der Waals surface area contributed by atoms with Gasteiger partial charge in [0.25, 0.3) is 0 Å². The van der Waals surface area contributed by atoms with Crippen molar-refractivity contribution in [3.05, 3.63) is 64.3 Å². The molecule has 22 heavy (non-hydrogen) atoms. The van der Waals surface area contributed by atoms with Crippen LogP contribution in [0.5, 0.6) is 0 Å². The number of ether oxygens (including phenoxy) is 1. The molecule has 1 aliphatic rings. The second-order valence-corrected chi connectivity index (χ2v) is 5.85. The number of hydrogen-bond acceptors (Lipinski definition) is 3. The standard InChI is InChI=1S/C18H12ClNO2/c1-10-2-7-15-13(8-10)16(11-3-5-12(19)6-4-11)14-9-22-18(21)17(14)20-15/h2-8H,9H2,1H3. The molecule has 3 aromatic rings. The van der Waals surface area contributed by atoms with Crippen molar-refractivity contribution in [1.82, 2.24) is 4.98 Å². The Labute approximate surface area is 132 Å². The molecule has 108 valence electrons. The molecular formula is C18H12ClNO2. The zero-order valence-corrected chi connectivity index (χ0v) is 12.6. The monoisotopic (exact) mass is 309 g/mol. The van der Waals surface area contributed by atoms with E-state index in [1.807, 2.05) is 43.3 Å². The Balaban J connectivity index is 2.12. The molecular weight excluding hydrogens is 298 g/mol.